The zero-order valence-corrected chi connectivity index (χ0v) is 54.9. The Balaban J connectivity index is 1.05. The van der Waals surface area contributed by atoms with E-state index in [0.717, 1.165) is 95.1 Å². The van der Waals surface area contributed by atoms with Gasteiger partial charge in [0.2, 0.25) is 0 Å². The largest absolute Gasteiger partial charge is 0.338 e. The third-order valence-electron chi connectivity index (χ3n) is 19.9. The minimum Gasteiger partial charge on any atom is -0.338 e. The van der Waals surface area contributed by atoms with Gasteiger partial charge in [0, 0.05) is 46.6 Å². The molecule has 0 spiro atoms. The van der Waals surface area contributed by atoms with E-state index in [2.05, 4.69) is 358 Å². The zero-order chi connectivity index (χ0) is 65.4. The fourth-order valence-corrected chi connectivity index (χ4v) is 15.1. The maximum atomic E-state index is 10.7. The number of rotatable bonds is 11. The number of nitrogens with zero attached hydrogens (tertiary/aromatic N) is 5. The molecule has 1 aromatic heterocycles. The fourth-order valence-electron chi connectivity index (χ4n) is 15.1. The van der Waals surface area contributed by atoms with Gasteiger partial charge in [-0.3, -0.25) is 0 Å². The molecular weight excluding hydrogens is 1160 g/mol. The van der Waals surface area contributed by atoms with Crippen molar-refractivity contribution in [1.82, 2.24) is 4.57 Å². The molecule has 13 aromatic carbocycles. The highest BCUT2D eigenvalue weighted by Gasteiger charge is 2.44. The number of hydrogen-bond donors (Lipinski definition) is 0. The molecule has 0 N–H and O–H groups in total. The maximum Gasteiger partial charge on any atom is 0.252 e. The van der Waals surface area contributed by atoms with Crippen molar-refractivity contribution in [3.8, 4) is 78.5 Å². The van der Waals surface area contributed by atoms with Gasteiger partial charge in [-0.05, 0) is 165 Å². The van der Waals surface area contributed by atoms with Crippen LogP contribution in [0.15, 0.2) is 291 Å². The molecule has 0 bridgehead atoms. The molecule has 0 aliphatic carbocycles. The first kappa shape index (κ1) is 59.3. The Bertz CT molecular complexity index is 5020. The van der Waals surface area contributed by atoms with Gasteiger partial charge in [0.1, 0.15) is 0 Å². The van der Waals surface area contributed by atoms with Crippen LogP contribution in [-0.4, -0.2) is 11.3 Å². The number of para-hydroxylation sites is 2. The van der Waals surface area contributed by atoms with Crippen molar-refractivity contribution in [2.75, 3.05) is 9.80 Å². The molecule has 16 rings (SSSR count). The second-order valence-corrected chi connectivity index (χ2v) is 27.8. The van der Waals surface area contributed by atoms with E-state index in [-0.39, 0.29) is 17.5 Å². The molecule has 6 heteroatoms. The summed E-state index contributed by atoms with van der Waals surface area (Å²) in [5.41, 5.74) is 30.2. The van der Waals surface area contributed by atoms with Gasteiger partial charge in [0.15, 0.2) is 5.69 Å². The monoisotopic (exact) mass is 1230 g/mol. The zero-order valence-electron chi connectivity index (χ0n) is 54.9. The number of anilines is 4. The molecule has 5 nitrogen and oxygen atoms in total. The van der Waals surface area contributed by atoms with Gasteiger partial charge in [-0.15, -0.1) is 0 Å². The second kappa shape index (κ2) is 23.7. The number of nitriles is 1. The SMILES string of the molecule is [C-]#[N+]c1cc(-c2ccc3c(c2)N(Cc2c(-c4ccccc4)cccc2-c2ccccc2)c2cc(-n4c5ccccc5c5ccccc54)cc4c2B3c2ccc(-c3cc(C#N)cc(C(C)(C)C)c3)cc2N4Cc2c(-c3ccccc3)cccc2-c2ccccc2)cc(C(C)(C)C)c1. The molecule has 2 aliphatic rings. The van der Waals surface area contributed by atoms with E-state index in [1.807, 2.05) is 0 Å². The highest BCUT2D eigenvalue weighted by atomic mass is 15.2. The van der Waals surface area contributed by atoms with Crippen LogP contribution < -0.4 is 26.2 Å². The molecule has 0 fully saturated rings. The van der Waals surface area contributed by atoms with Crippen LogP contribution in [0.2, 0.25) is 0 Å². The van der Waals surface area contributed by atoms with Crippen molar-refractivity contribution in [3.63, 3.8) is 0 Å². The molecule has 2 aliphatic heterocycles. The van der Waals surface area contributed by atoms with E-state index < -0.39 is 0 Å². The molecule has 458 valence electrons. The summed E-state index contributed by atoms with van der Waals surface area (Å²) in [6.07, 6.45) is 0. The van der Waals surface area contributed by atoms with E-state index in [4.69, 9.17) is 6.57 Å². The van der Waals surface area contributed by atoms with Gasteiger partial charge < -0.3 is 14.4 Å². The first-order valence-corrected chi connectivity index (χ1v) is 33.3. The van der Waals surface area contributed by atoms with Gasteiger partial charge in [0.25, 0.3) is 6.71 Å². The van der Waals surface area contributed by atoms with Gasteiger partial charge >= 0.3 is 0 Å². The lowest BCUT2D eigenvalue weighted by Crippen LogP contribution is -2.62. The van der Waals surface area contributed by atoms with E-state index in [0.29, 0.717) is 24.3 Å². The number of aromatic nitrogens is 1. The Morgan fingerprint density at radius 3 is 1.18 bits per heavy atom. The van der Waals surface area contributed by atoms with Crippen LogP contribution in [0, 0.1) is 17.9 Å². The summed E-state index contributed by atoms with van der Waals surface area (Å²) in [7, 11) is 0. The van der Waals surface area contributed by atoms with Crippen molar-refractivity contribution in [2.45, 2.75) is 65.5 Å². The minimum atomic E-state index is -0.242. The lowest BCUT2D eigenvalue weighted by atomic mass is 9.33. The van der Waals surface area contributed by atoms with Crippen LogP contribution in [0.5, 0.6) is 0 Å². The van der Waals surface area contributed by atoms with Crippen LogP contribution >= 0.6 is 0 Å². The average Bonchev–Trinajstić information content (AvgIpc) is 0.858. The van der Waals surface area contributed by atoms with Crippen LogP contribution in [0.3, 0.4) is 0 Å². The molecular formula is C90H70BN5. The van der Waals surface area contributed by atoms with Crippen LogP contribution in [0.4, 0.5) is 28.4 Å². The predicted octanol–water partition coefficient (Wildman–Crippen LogP) is 21.6. The van der Waals surface area contributed by atoms with E-state index in [1.165, 1.54) is 60.5 Å². The summed E-state index contributed by atoms with van der Waals surface area (Å²) in [5, 5.41) is 13.1. The van der Waals surface area contributed by atoms with Gasteiger partial charge in [-0.25, -0.2) is 4.85 Å². The lowest BCUT2D eigenvalue weighted by Gasteiger charge is -2.45. The Morgan fingerprint density at radius 2 is 0.771 bits per heavy atom. The Kier molecular flexibility index (Phi) is 14.6. The molecule has 96 heavy (non-hydrogen) atoms. The normalized spacial score (nSPS) is 12.5. The molecule has 3 heterocycles. The molecule has 0 amide bonds. The summed E-state index contributed by atoms with van der Waals surface area (Å²) in [4.78, 5) is 9.39. The van der Waals surface area contributed by atoms with Crippen LogP contribution in [-0.2, 0) is 23.9 Å². The van der Waals surface area contributed by atoms with E-state index >= 15 is 0 Å². The Morgan fingerprint density at radius 1 is 0.375 bits per heavy atom. The van der Waals surface area contributed by atoms with Crippen molar-refractivity contribution in [3.05, 3.63) is 330 Å². The highest BCUT2D eigenvalue weighted by Crippen LogP contribution is 2.48. The summed E-state index contributed by atoms with van der Waals surface area (Å²) in [5.74, 6) is 0. The van der Waals surface area contributed by atoms with Crippen molar-refractivity contribution < 1.29 is 0 Å². The average molecular weight is 1230 g/mol. The number of benzene rings is 13. The van der Waals surface area contributed by atoms with Crippen molar-refractivity contribution >= 4 is 73.3 Å². The molecule has 0 radical (unpaired) electrons. The smallest absolute Gasteiger partial charge is 0.252 e. The van der Waals surface area contributed by atoms with Gasteiger partial charge in [-0.1, -0.05) is 284 Å². The fraction of sp³-hybridized carbons (Fsp3) is 0.111. The quantitative estimate of drug-likeness (QED) is 0.0957. The number of hydrogen-bond acceptors (Lipinski definition) is 3. The summed E-state index contributed by atoms with van der Waals surface area (Å²) >= 11 is 0. The molecule has 0 saturated heterocycles. The van der Waals surface area contributed by atoms with Gasteiger partial charge in [-0.2, -0.15) is 5.26 Å². The predicted molar refractivity (Wildman–Crippen MR) is 404 cm³/mol. The molecule has 14 aromatic rings. The standard InChI is InChI=1S/C90H70BN5/c1-89(2,3)68-47-59(56-92)46-66(48-68)64-42-44-80-84(51-64)94(57-78-72(60-26-12-8-13-27-60)36-24-37-73(78)61-28-14-9-15-29-61)86-54-71(96-82-40-22-20-34-76(82)77-35-21-23-41-83(77)96)55-87-88(86)91(80)81-45-43-65(67-49-69(90(4,5)6)53-70(50-67)93-7)52-85(81)95(87)58-79-74(62-30-16-10-17-31-62)38-25-39-75(79)63-32-18-11-19-33-63/h8-55H,57-58H2,1-6H3. The van der Waals surface area contributed by atoms with Crippen LogP contribution in [0.1, 0.15) is 69.4 Å². The van der Waals surface area contributed by atoms with Crippen molar-refractivity contribution in [2.24, 2.45) is 0 Å². The van der Waals surface area contributed by atoms with Crippen molar-refractivity contribution in [1.29, 1.82) is 5.26 Å². The summed E-state index contributed by atoms with van der Waals surface area (Å²) in [6, 6.07) is 110. The highest BCUT2D eigenvalue weighted by molar-refractivity contribution is 7.00. The first-order valence-electron chi connectivity index (χ1n) is 33.3. The third kappa shape index (κ3) is 10.4. The summed E-state index contributed by atoms with van der Waals surface area (Å²) < 4.78 is 2.50. The van der Waals surface area contributed by atoms with E-state index in [9.17, 15) is 5.26 Å². The minimum absolute atomic E-state index is 0.201. The second-order valence-electron chi connectivity index (χ2n) is 27.8. The molecule has 0 atom stereocenters. The Labute approximate surface area is 564 Å². The van der Waals surface area contributed by atoms with E-state index in [1.54, 1.807) is 0 Å². The summed E-state index contributed by atoms with van der Waals surface area (Å²) in [6.45, 7) is 22.6. The first-order chi connectivity index (χ1) is 46.8. The topological polar surface area (TPSA) is 39.6 Å². The Hall–Kier alpha value is -11.7. The molecule has 0 saturated carbocycles. The van der Waals surface area contributed by atoms with Crippen LogP contribution in [0.25, 0.3) is 99.1 Å². The maximum absolute atomic E-state index is 10.7. The van der Waals surface area contributed by atoms with Gasteiger partial charge in [0.05, 0.1) is 34.9 Å². The third-order valence-corrected chi connectivity index (χ3v) is 19.9. The lowest BCUT2D eigenvalue weighted by molar-refractivity contribution is 0.590. The number of fused-ring (bicyclic) bond motifs is 7. The molecule has 0 unspecified atom stereocenters.